The second-order valence-corrected chi connectivity index (χ2v) is 7.06. The first kappa shape index (κ1) is 15.9. The number of para-hydroxylation sites is 2. The summed E-state index contributed by atoms with van der Waals surface area (Å²) in [6.45, 7) is 3.34. The number of aromatic nitrogens is 3. The Bertz CT molecular complexity index is 1140. The average Bonchev–Trinajstić information content (AvgIpc) is 3.32. The van der Waals surface area contributed by atoms with E-state index in [1.807, 2.05) is 52.2 Å². The first-order valence-electron chi connectivity index (χ1n) is 9.19. The molecule has 5 heteroatoms. The molecule has 0 spiro atoms. The Balaban J connectivity index is 1.43. The number of H-pyrrole nitrogens is 1. The van der Waals surface area contributed by atoms with Crippen LogP contribution in [0, 0.1) is 6.92 Å². The third kappa shape index (κ3) is 2.63. The van der Waals surface area contributed by atoms with E-state index in [9.17, 15) is 4.79 Å². The van der Waals surface area contributed by atoms with Gasteiger partial charge in [-0.05, 0) is 30.7 Å². The maximum Gasteiger partial charge on any atom is 0.270 e. The van der Waals surface area contributed by atoms with Crippen molar-refractivity contribution in [3.8, 4) is 5.69 Å². The van der Waals surface area contributed by atoms with Crippen LogP contribution >= 0.6 is 0 Å². The number of carbonyl (C=O) groups excluding carboxylic acids is 1. The summed E-state index contributed by atoms with van der Waals surface area (Å²) in [5.41, 5.74) is 6.21. The van der Waals surface area contributed by atoms with E-state index in [0.717, 1.165) is 34.1 Å². The number of aryl methyl sites for hydroxylation is 1. The van der Waals surface area contributed by atoms with Crippen molar-refractivity contribution in [3.05, 3.63) is 83.3 Å². The molecule has 0 atom stereocenters. The number of fused-ring (bicyclic) bond motifs is 2. The second-order valence-electron chi connectivity index (χ2n) is 7.06. The lowest BCUT2D eigenvalue weighted by atomic mass is 10.1. The van der Waals surface area contributed by atoms with Crippen LogP contribution in [0.2, 0.25) is 0 Å². The van der Waals surface area contributed by atoms with Crippen molar-refractivity contribution >= 4 is 16.8 Å². The summed E-state index contributed by atoms with van der Waals surface area (Å²) in [6.07, 6.45) is 2.69. The van der Waals surface area contributed by atoms with Gasteiger partial charge in [0, 0.05) is 36.0 Å². The summed E-state index contributed by atoms with van der Waals surface area (Å²) in [4.78, 5) is 18.2. The first-order valence-corrected chi connectivity index (χ1v) is 9.19. The SMILES string of the molecule is Cc1cccc2cc(C(=O)N3CCc4c(cnn4-c4ccccc4)C3)[nH]c12. The van der Waals surface area contributed by atoms with E-state index in [-0.39, 0.29) is 5.91 Å². The van der Waals surface area contributed by atoms with Crippen LogP contribution in [0.3, 0.4) is 0 Å². The van der Waals surface area contributed by atoms with Crippen LogP contribution < -0.4 is 0 Å². The van der Waals surface area contributed by atoms with Crippen molar-refractivity contribution < 1.29 is 4.79 Å². The Morgan fingerprint density at radius 1 is 1.11 bits per heavy atom. The van der Waals surface area contributed by atoms with Gasteiger partial charge in [0.05, 0.1) is 17.6 Å². The molecular formula is C22H20N4O. The summed E-state index contributed by atoms with van der Waals surface area (Å²) < 4.78 is 1.99. The highest BCUT2D eigenvalue weighted by Gasteiger charge is 2.26. The maximum atomic E-state index is 13.0. The molecule has 134 valence electrons. The van der Waals surface area contributed by atoms with Gasteiger partial charge in [-0.25, -0.2) is 4.68 Å². The van der Waals surface area contributed by atoms with Crippen LogP contribution in [0.4, 0.5) is 0 Å². The van der Waals surface area contributed by atoms with Crippen LogP contribution in [-0.4, -0.2) is 32.1 Å². The van der Waals surface area contributed by atoms with Crippen LogP contribution in [-0.2, 0) is 13.0 Å². The summed E-state index contributed by atoms with van der Waals surface area (Å²) in [5.74, 6) is 0.0451. The lowest BCUT2D eigenvalue weighted by molar-refractivity contribution is 0.0729. The zero-order valence-electron chi connectivity index (χ0n) is 15.1. The smallest absolute Gasteiger partial charge is 0.270 e. The van der Waals surface area contributed by atoms with Gasteiger partial charge >= 0.3 is 0 Å². The summed E-state index contributed by atoms with van der Waals surface area (Å²) in [7, 11) is 0. The lowest BCUT2D eigenvalue weighted by Gasteiger charge is -2.27. The van der Waals surface area contributed by atoms with Crippen molar-refractivity contribution in [1.29, 1.82) is 0 Å². The molecule has 0 unspecified atom stereocenters. The molecule has 1 aliphatic rings. The molecule has 0 fully saturated rings. The third-order valence-electron chi connectivity index (χ3n) is 5.32. The number of aromatic amines is 1. The normalized spacial score (nSPS) is 13.7. The molecule has 2 aromatic heterocycles. The fourth-order valence-corrected chi connectivity index (χ4v) is 3.89. The standard InChI is InChI=1S/C22H20N4O/c1-15-6-5-7-16-12-19(24-21(15)16)22(27)25-11-10-20-17(14-25)13-23-26(20)18-8-3-2-4-9-18/h2-9,12-13,24H,10-11,14H2,1H3. The van der Waals surface area contributed by atoms with Gasteiger partial charge in [0.15, 0.2) is 0 Å². The fraction of sp³-hybridized carbons (Fsp3) is 0.182. The minimum atomic E-state index is 0.0451. The molecule has 27 heavy (non-hydrogen) atoms. The molecule has 5 rings (SSSR count). The highest BCUT2D eigenvalue weighted by atomic mass is 16.2. The Hall–Kier alpha value is -3.34. The van der Waals surface area contributed by atoms with Crippen molar-refractivity contribution in [2.75, 3.05) is 6.54 Å². The van der Waals surface area contributed by atoms with Gasteiger partial charge in [-0.1, -0.05) is 36.4 Å². The number of rotatable bonds is 2. The molecule has 2 aromatic carbocycles. The van der Waals surface area contributed by atoms with E-state index in [1.165, 1.54) is 5.69 Å². The van der Waals surface area contributed by atoms with Gasteiger partial charge < -0.3 is 9.88 Å². The van der Waals surface area contributed by atoms with Crippen LogP contribution in [0.25, 0.3) is 16.6 Å². The molecule has 0 saturated carbocycles. The topological polar surface area (TPSA) is 53.9 Å². The molecule has 3 heterocycles. The molecular weight excluding hydrogens is 336 g/mol. The van der Waals surface area contributed by atoms with E-state index in [0.29, 0.717) is 18.8 Å². The maximum absolute atomic E-state index is 13.0. The minimum Gasteiger partial charge on any atom is -0.350 e. The summed E-state index contributed by atoms with van der Waals surface area (Å²) in [6, 6.07) is 18.2. The number of hydrogen-bond donors (Lipinski definition) is 1. The predicted molar refractivity (Wildman–Crippen MR) is 105 cm³/mol. The zero-order chi connectivity index (χ0) is 18.4. The molecule has 1 amide bonds. The number of nitrogens with zero attached hydrogens (tertiary/aromatic N) is 3. The van der Waals surface area contributed by atoms with Gasteiger partial charge in [0.2, 0.25) is 0 Å². The quantitative estimate of drug-likeness (QED) is 0.593. The largest absolute Gasteiger partial charge is 0.350 e. The van der Waals surface area contributed by atoms with Crippen LogP contribution in [0.5, 0.6) is 0 Å². The average molecular weight is 356 g/mol. The number of carbonyl (C=O) groups is 1. The van der Waals surface area contributed by atoms with Crippen molar-refractivity contribution in [2.24, 2.45) is 0 Å². The van der Waals surface area contributed by atoms with E-state index >= 15 is 0 Å². The molecule has 0 aliphatic carbocycles. The van der Waals surface area contributed by atoms with Gasteiger partial charge in [0.25, 0.3) is 5.91 Å². The third-order valence-corrected chi connectivity index (χ3v) is 5.32. The molecule has 0 saturated heterocycles. The van der Waals surface area contributed by atoms with E-state index < -0.39 is 0 Å². The lowest BCUT2D eigenvalue weighted by Crippen LogP contribution is -2.36. The molecule has 1 aliphatic heterocycles. The van der Waals surface area contributed by atoms with E-state index in [4.69, 9.17) is 0 Å². The monoisotopic (exact) mass is 356 g/mol. The van der Waals surface area contributed by atoms with Gasteiger partial charge in [-0.3, -0.25) is 4.79 Å². The Kier molecular flexibility index (Phi) is 3.60. The molecule has 0 bridgehead atoms. The van der Waals surface area contributed by atoms with Gasteiger partial charge in [-0.2, -0.15) is 5.10 Å². The Morgan fingerprint density at radius 2 is 1.96 bits per heavy atom. The van der Waals surface area contributed by atoms with Crippen LogP contribution in [0.15, 0.2) is 60.8 Å². The predicted octanol–water partition coefficient (Wildman–Crippen LogP) is 3.86. The van der Waals surface area contributed by atoms with Crippen LogP contribution in [0.1, 0.15) is 27.3 Å². The molecule has 4 aromatic rings. The summed E-state index contributed by atoms with van der Waals surface area (Å²) in [5, 5.41) is 5.63. The first-order chi connectivity index (χ1) is 13.2. The zero-order valence-corrected chi connectivity index (χ0v) is 15.1. The number of hydrogen-bond acceptors (Lipinski definition) is 2. The van der Waals surface area contributed by atoms with Gasteiger partial charge in [-0.15, -0.1) is 0 Å². The fourth-order valence-electron chi connectivity index (χ4n) is 3.89. The highest BCUT2D eigenvalue weighted by molar-refractivity contribution is 5.98. The molecule has 1 N–H and O–H groups in total. The number of benzene rings is 2. The Morgan fingerprint density at radius 3 is 2.78 bits per heavy atom. The highest BCUT2D eigenvalue weighted by Crippen LogP contribution is 2.25. The number of amides is 1. The summed E-state index contributed by atoms with van der Waals surface area (Å²) >= 11 is 0. The van der Waals surface area contributed by atoms with E-state index in [2.05, 4.69) is 35.2 Å². The molecule has 0 radical (unpaired) electrons. The molecule has 5 nitrogen and oxygen atoms in total. The second kappa shape index (κ2) is 6.13. The minimum absolute atomic E-state index is 0.0451. The van der Waals surface area contributed by atoms with Crippen molar-refractivity contribution in [3.63, 3.8) is 0 Å². The van der Waals surface area contributed by atoms with Crippen molar-refractivity contribution in [2.45, 2.75) is 19.9 Å². The number of nitrogens with one attached hydrogen (secondary N) is 1. The van der Waals surface area contributed by atoms with Gasteiger partial charge in [0.1, 0.15) is 5.69 Å². The Labute approximate surface area is 157 Å². The van der Waals surface area contributed by atoms with Crippen molar-refractivity contribution in [1.82, 2.24) is 19.7 Å². The van der Waals surface area contributed by atoms with E-state index in [1.54, 1.807) is 0 Å².